The van der Waals surface area contributed by atoms with Gasteiger partial charge in [0, 0.05) is 31.2 Å². The van der Waals surface area contributed by atoms with Gasteiger partial charge in [-0.25, -0.2) is 0 Å². The molecule has 0 amide bonds. The molecule has 16 heavy (non-hydrogen) atoms. The second-order valence-corrected chi connectivity index (χ2v) is 4.66. The number of hydrogen-bond acceptors (Lipinski definition) is 2. The molecule has 0 radical (unpaired) electrons. The summed E-state index contributed by atoms with van der Waals surface area (Å²) < 4.78 is 1.83. The summed E-state index contributed by atoms with van der Waals surface area (Å²) in [5.74, 6) is 1.47. The first-order valence-electron chi connectivity index (χ1n) is 6.00. The van der Waals surface area contributed by atoms with Crippen molar-refractivity contribution in [3.63, 3.8) is 0 Å². The van der Waals surface area contributed by atoms with E-state index in [1.165, 1.54) is 18.4 Å². The van der Waals surface area contributed by atoms with Crippen LogP contribution in [0.25, 0.3) is 0 Å². The van der Waals surface area contributed by atoms with Gasteiger partial charge >= 0.3 is 0 Å². The van der Waals surface area contributed by atoms with Crippen molar-refractivity contribution in [1.29, 1.82) is 0 Å². The number of rotatable bonds is 8. The molecule has 0 saturated heterocycles. The molecule has 1 N–H and O–H groups in total. The molecule has 1 unspecified atom stereocenters. The fourth-order valence-corrected chi connectivity index (χ4v) is 2.20. The normalized spacial score (nSPS) is 12.9. The number of nitrogens with one attached hydrogen (secondary N) is 1. The second kappa shape index (κ2) is 7.69. The first kappa shape index (κ1) is 13.5. The van der Waals surface area contributed by atoms with E-state index in [9.17, 15) is 0 Å². The van der Waals surface area contributed by atoms with E-state index in [-0.39, 0.29) is 0 Å². The highest BCUT2D eigenvalue weighted by molar-refractivity contribution is 6.17. The molecule has 0 aliphatic heterocycles. The van der Waals surface area contributed by atoms with Crippen molar-refractivity contribution in [3.05, 3.63) is 18.0 Å². The van der Waals surface area contributed by atoms with E-state index in [1.54, 1.807) is 0 Å². The standard InChI is InChI=1S/C12H22ClN3/c1-3-4-11(5-6-13)7-14-8-12-9-15-16(2)10-12/h9-11,14H,3-8H2,1-2H3. The number of aromatic nitrogens is 2. The molecule has 0 bridgehead atoms. The quantitative estimate of drug-likeness (QED) is 0.712. The summed E-state index contributed by atoms with van der Waals surface area (Å²) in [6.07, 6.45) is 7.55. The van der Waals surface area contributed by atoms with Crippen LogP contribution in [0.5, 0.6) is 0 Å². The average Bonchev–Trinajstić information content (AvgIpc) is 2.65. The summed E-state index contributed by atoms with van der Waals surface area (Å²) >= 11 is 5.79. The van der Waals surface area contributed by atoms with E-state index in [0.29, 0.717) is 5.92 Å². The molecule has 0 fully saturated rings. The topological polar surface area (TPSA) is 29.9 Å². The molecule has 92 valence electrons. The molecule has 0 aliphatic rings. The lowest BCUT2D eigenvalue weighted by molar-refractivity contribution is 0.430. The third-order valence-corrected chi connectivity index (χ3v) is 2.95. The van der Waals surface area contributed by atoms with Gasteiger partial charge in [0.25, 0.3) is 0 Å². The highest BCUT2D eigenvalue weighted by atomic mass is 35.5. The second-order valence-electron chi connectivity index (χ2n) is 4.29. The predicted molar refractivity (Wildman–Crippen MR) is 68.6 cm³/mol. The van der Waals surface area contributed by atoms with Crippen molar-refractivity contribution in [1.82, 2.24) is 15.1 Å². The van der Waals surface area contributed by atoms with E-state index in [2.05, 4.69) is 17.3 Å². The maximum absolute atomic E-state index is 5.79. The molecule has 0 aliphatic carbocycles. The average molecular weight is 244 g/mol. The highest BCUT2D eigenvalue weighted by Crippen LogP contribution is 2.11. The van der Waals surface area contributed by atoms with Gasteiger partial charge in [0.05, 0.1) is 6.20 Å². The van der Waals surface area contributed by atoms with Gasteiger partial charge < -0.3 is 5.32 Å². The minimum atomic E-state index is 0.708. The van der Waals surface area contributed by atoms with Crippen LogP contribution in [0.2, 0.25) is 0 Å². The first-order valence-corrected chi connectivity index (χ1v) is 6.54. The van der Waals surface area contributed by atoms with E-state index < -0.39 is 0 Å². The lowest BCUT2D eigenvalue weighted by atomic mass is 10.0. The molecule has 1 aromatic rings. The molecular weight excluding hydrogens is 222 g/mol. The van der Waals surface area contributed by atoms with E-state index in [4.69, 9.17) is 11.6 Å². The molecular formula is C12H22ClN3. The van der Waals surface area contributed by atoms with Crippen LogP contribution in [-0.4, -0.2) is 22.2 Å². The molecule has 1 aromatic heterocycles. The minimum absolute atomic E-state index is 0.708. The van der Waals surface area contributed by atoms with Crippen LogP contribution in [0.4, 0.5) is 0 Å². The Labute approximate surface area is 103 Å². The Bertz CT molecular complexity index is 280. The van der Waals surface area contributed by atoms with Gasteiger partial charge in [-0.05, 0) is 25.3 Å². The Morgan fingerprint density at radius 2 is 2.31 bits per heavy atom. The Morgan fingerprint density at radius 3 is 2.88 bits per heavy atom. The zero-order valence-electron chi connectivity index (χ0n) is 10.2. The SMILES string of the molecule is CCCC(CCCl)CNCc1cnn(C)c1. The van der Waals surface area contributed by atoms with Crippen molar-refractivity contribution < 1.29 is 0 Å². The lowest BCUT2D eigenvalue weighted by Gasteiger charge is -2.15. The maximum Gasteiger partial charge on any atom is 0.0534 e. The van der Waals surface area contributed by atoms with Crippen LogP contribution in [0.3, 0.4) is 0 Å². The van der Waals surface area contributed by atoms with Gasteiger partial charge in [0.2, 0.25) is 0 Å². The molecule has 1 atom stereocenters. The molecule has 0 spiro atoms. The Morgan fingerprint density at radius 1 is 1.50 bits per heavy atom. The van der Waals surface area contributed by atoms with Gasteiger partial charge in [0.1, 0.15) is 0 Å². The fraction of sp³-hybridized carbons (Fsp3) is 0.750. The number of alkyl halides is 1. The monoisotopic (exact) mass is 243 g/mol. The van der Waals surface area contributed by atoms with Crippen LogP contribution in [0, 0.1) is 5.92 Å². The van der Waals surface area contributed by atoms with Crippen LogP contribution < -0.4 is 5.32 Å². The molecule has 3 nitrogen and oxygen atoms in total. The molecule has 0 saturated carbocycles. The van der Waals surface area contributed by atoms with E-state index >= 15 is 0 Å². The maximum atomic E-state index is 5.79. The van der Waals surface area contributed by atoms with Crippen molar-refractivity contribution in [3.8, 4) is 0 Å². The number of halogens is 1. The van der Waals surface area contributed by atoms with E-state index in [1.807, 2.05) is 24.1 Å². The Hall–Kier alpha value is -0.540. The number of aryl methyl sites for hydroxylation is 1. The number of hydrogen-bond donors (Lipinski definition) is 1. The van der Waals surface area contributed by atoms with Gasteiger partial charge in [-0.2, -0.15) is 5.10 Å². The summed E-state index contributed by atoms with van der Waals surface area (Å²) in [7, 11) is 1.94. The van der Waals surface area contributed by atoms with Gasteiger partial charge in [-0.3, -0.25) is 4.68 Å². The predicted octanol–water partition coefficient (Wildman–Crippen LogP) is 2.55. The van der Waals surface area contributed by atoms with Crippen molar-refractivity contribution in [2.45, 2.75) is 32.7 Å². The summed E-state index contributed by atoms with van der Waals surface area (Å²) in [5.41, 5.74) is 1.24. The third-order valence-electron chi connectivity index (χ3n) is 2.73. The Kier molecular flexibility index (Phi) is 6.50. The number of nitrogens with zero attached hydrogens (tertiary/aromatic N) is 2. The van der Waals surface area contributed by atoms with Gasteiger partial charge in [-0.1, -0.05) is 13.3 Å². The van der Waals surface area contributed by atoms with E-state index in [0.717, 1.165) is 25.4 Å². The highest BCUT2D eigenvalue weighted by Gasteiger charge is 2.06. The summed E-state index contributed by atoms with van der Waals surface area (Å²) in [6.45, 7) is 4.17. The van der Waals surface area contributed by atoms with Crippen molar-refractivity contribution in [2.75, 3.05) is 12.4 Å². The van der Waals surface area contributed by atoms with Gasteiger partial charge in [-0.15, -0.1) is 11.6 Å². The zero-order chi connectivity index (χ0) is 11.8. The summed E-state index contributed by atoms with van der Waals surface area (Å²) in [6, 6.07) is 0. The summed E-state index contributed by atoms with van der Waals surface area (Å²) in [4.78, 5) is 0. The fourth-order valence-electron chi connectivity index (χ4n) is 1.89. The molecule has 0 aromatic carbocycles. The van der Waals surface area contributed by atoms with Crippen molar-refractivity contribution >= 4 is 11.6 Å². The molecule has 1 heterocycles. The molecule has 1 rings (SSSR count). The van der Waals surface area contributed by atoms with Crippen LogP contribution >= 0.6 is 11.6 Å². The smallest absolute Gasteiger partial charge is 0.0534 e. The van der Waals surface area contributed by atoms with Crippen LogP contribution in [0.1, 0.15) is 31.7 Å². The Balaban J connectivity index is 2.21. The first-order chi connectivity index (χ1) is 7.76. The van der Waals surface area contributed by atoms with Crippen molar-refractivity contribution in [2.24, 2.45) is 13.0 Å². The minimum Gasteiger partial charge on any atom is -0.312 e. The third kappa shape index (κ3) is 4.99. The lowest BCUT2D eigenvalue weighted by Crippen LogP contribution is -2.22. The summed E-state index contributed by atoms with van der Waals surface area (Å²) in [5, 5.41) is 7.62. The zero-order valence-corrected chi connectivity index (χ0v) is 11.0. The molecule has 4 heteroatoms. The largest absolute Gasteiger partial charge is 0.312 e. The van der Waals surface area contributed by atoms with Crippen LogP contribution in [-0.2, 0) is 13.6 Å². The van der Waals surface area contributed by atoms with Crippen LogP contribution in [0.15, 0.2) is 12.4 Å². The van der Waals surface area contributed by atoms with Gasteiger partial charge in [0.15, 0.2) is 0 Å².